The zero-order chi connectivity index (χ0) is 17.6. The van der Waals surface area contributed by atoms with Crippen LogP contribution in [0, 0.1) is 6.42 Å². The van der Waals surface area contributed by atoms with Crippen molar-refractivity contribution in [1.82, 2.24) is 0 Å². The van der Waals surface area contributed by atoms with E-state index < -0.39 is 0 Å². The summed E-state index contributed by atoms with van der Waals surface area (Å²) in [6.07, 6.45) is 28.0. The van der Waals surface area contributed by atoms with Gasteiger partial charge in [0, 0.05) is 13.2 Å². The molecule has 0 aliphatic heterocycles. The number of unbranched alkanes of at least 4 members (excludes halogenated alkanes) is 18. The first-order chi connectivity index (χ1) is 11.9. The molecule has 0 aliphatic carbocycles. The van der Waals surface area contributed by atoms with E-state index >= 15 is 0 Å². The topological polar surface area (TPSA) is 9.23 Å². The fourth-order valence-corrected chi connectivity index (χ4v) is 3.29. The predicted octanol–water partition coefficient (Wildman–Crippen LogP) is 8.27. The molecule has 0 spiro atoms. The lowest BCUT2D eigenvalue weighted by Crippen LogP contribution is -1.93. The second kappa shape index (κ2) is 23.0. The fourth-order valence-electron chi connectivity index (χ4n) is 3.29. The first-order valence-corrected chi connectivity index (χ1v) is 11.3. The smallest absolute Gasteiger partial charge is 0.0468 e. The van der Waals surface area contributed by atoms with Crippen LogP contribution in [0.5, 0.6) is 0 Å². The number of hydrogen-bond acceptors (Lipinski definition) is 1. The van der Waals surface area contributed by atoms with E-state index in [1.54, 1.807) is 0 Å². The molecule has 0 unspecified atom stereocenters. The molecule has 0 rings (SSSR count). The summed E-state index contributed by atoms with van der Waals surface area (Å²) < 4.78 is 5.34. The van der Waals surface area contributed by atoms with Crippen molar-refractivity contribution in [3.8, 4) is 0 Å². The summed E-state index contributed by atoms with van der Waals surface area (Å²) in [6.45, 7) is 6.13. The maximum absolute atomic E-state index is 5.34. The van der Waals surface area contributed by atoms with Gasteiger partial charge in [0.25, 0.3) is 0 Å². The van der Waals surface area contributed by atoms with E-state index in [-0.39, 0.29) is 0 Å². The molecule has 0 amide bonds. The van der Waals surface area contributed by atoms with E-state index in [2.05, 4.69) is 20.3 Å². The maximum atomic E-state index is 5.34. The number of ether oxygens (including phenoxy) is 1. The largest absolute Gasteiger partial charge is 0.382 e. The third-order valence-electron chi connectivity index (χ3n) is 4.93. The van der Waals surface area contributed by atoms with Gasteiger partial charge in [-0.2, -0.15) is 0 Å². The molecule has 24 heavy (non-hydrogen) atoms. The third kappa shape index (κ3) is 22.0. The summed E-state index contributed by atoms with van der Waals surface area (Å²) >= 11 is 0. The molecule has 0 fully saturated rings. The molecule has 0 aromatic rings. The average Bonchev–Trinajstić information content (AvgIpc) is 2.60. The molecular weight excluding hydrogens is 292 g/mol. The van der Waals surface area contributed by atoms with Gasteiger partial charge >= 0.3 is 0 Å². The van der Waals surface area contributed by atoms with Gasteiger partial charge in [-0.15, -0.1) is 0 Å². The van der Waals surface area contributed by atoms with Crippen molar-refractivity contribution in [2.24, 2.45) is 0 Å². The molecule has 0 saturated heterocycles. The minimum atomic E-state index is 0.854. The van der Waals surface area contributed by atoms with Crippen LogP contribution in [-0.2, 0) is 4.74 Å². The Kier molecular flexibility index (Phi) is 22.9. The Bertz CT molecular complexity index is 180. The Morgan fingerprint density at radius 2 is 0.917 bits per heavy atom. The van der Waals surface area contributed by atoms with Crippen LogP contribution in [0.3, 0.4) is 0 Å². The zero-order valence-electron chi connectivity index (χ0n) is 17.1. The van der Waals surface area contributed by atoms with Crippen molar-refractivity contribution in [3.05, 3.63) is 6.42 Å². The van der Waals surface area contributed by atoms with Crippen molar-refractivity contribution < 1.29 is 4.74 Å². The van der Waals surface area contributed by atoms with E-state index in [0.717, 1.165) is 19.6 Å². The molecule has 0 N–H and O–H groups in total. The molecule has 145 valence electrons. The molecule has 0 aromatic heterocycles. The highest BCUT2D eigenvalue weighted by molar-refractivity contribution is 4.63. The normalized spacial score (nSPS) is 11.2. The predicted molar refractivity (Wildman–Crippen MR) is 110 cm³/mol. The Labute approximate surface area is 154 Å². The Balaban J connectivity index is 2.93. The van der Waals surface area contributed by atoms with Gasteiger partial charge in [0.1, 0.15) is 0 Å². The first kappa shape index (κ1) is 24.0. The highest BCUT2D eigenvalue weighted by Gasteiger charge is 1.95. The molecule has 1 heteroatoms. The molecule has 0 bridgehead atoms. The quantitative estimate of drug-likeness (QED) is 0.191. The van der Waals surface area contributed by atoms with Gasteiger partial charge in [0.2, 0.25) is 0 Å². The summed E-state index contributed by atoms with van der Waals surface area (Å²) in [6, 6.07) is 0. The molecule has 0 aliphatic rings. The van der Waals surface area contributed by atoms with E-state index in [9.17, 15) is 0 Å². The van der Waals surface area contributed by atoms with E-state index in [0.29, 0.717) is 0 Å². The maximum Gasteiger partial charge on any atom is 0.0468 e. The number of hydrogen-bond donors (Lipinski definition) is 0. The highest BCUT2D eigenvalue weighted by atomic mass is 16.5. The van der Waals surface area contributed by atoms with Gasteiger partial charge in [0.15, 0.2) is 0 Å². The molecule has 0 saturated carbocycles. The van der Waals surface area contributed by atoms with Gasteiger partial charge in [-0.05, 0) is 19.8 Å². The molecular formula is C23H47O. The van der Waals surface area contributed by atoms with Crippen LogP contribution in [0.25, 0.3) is 0 Å². The summed E-state index contributed by atoms with van der Waals surface area (Å²) in [5.41, 5.74) is 0. The molecule has 1 radical (unpaired) electrons. The van der Waals surface area contributed by atoms with Gasteiger partial charge in [-0.25, -0.2) is 0 Å². The fraction of sp³-hybridized carbons (Fsp3) is 0.957. The van der Waals surface area contributed by atoms with E-state index in [1.807, 2.05) is 0 Å². The molecule has 1 nitrogen and oxygen atoms in total. The van der Waals surface area contributed by atoms with Crippen LogP contribution < -0.4 is 0 Å². The lowest BCUT2D eigenvalue weighted by molar-refractivity contribution is 0.149. The lowest BCUT2D eigenvalue weighted by Gasteiger charge is -2.04. The van der Waals surface area contributed by atoms with Gasteiger partial charge < -0.3 is 4.74 Å². The minimum Gasteiger partial charge on any atom is -0.382 e. The summed E-state index contributed by atoms with van der Waals surface area (Å²) in [5, 5.41) is 0. The molecule has 0 heterocycles. The van der Waals surface area contributed by atoms with Crippen LogP contribution in [0.15, 0.2) is 0 Å². The van der Waals surface area contributed by atoms with Crippen molar-refractivity contribution in [3.63, 3.8) is 0 Å². The Morgan fingerprint density at radius 1 is 0.500 bits per heavy atom. The van der Waals surface area contributed by atoms with E-state index in [1.165, 1.54) is 109 Å². The van der Waals surface area contributed by atoms with Gasteiger partial charge in [-0.3, -0.25) is 0 Å². The van der Waals surface area contributed by atoms with Crippen molar-refractivity contribution in [2.75, 3.05) is 13.2 Å². The number of rotatable bonds is 21. The van der Waals surface area contributed by atoms with Gasteiger partial charge in [-0.1, -0.05) is 116 Å². The lowest BCUT2D eigenvalue weighted by atomic mass is 10.0. The third-order valence-corrected chi connectivity index (χ3v) is 4.93. The SMILES string of the molecule is CCCCCCCCCCCCCCCCCC[CH]CCOCC. The Hall–Kier alpha value is -0.0400. The second-order valence-corrected chi connectivity index (χ2v) is 7.37. The van der Waals surface area contributed by atoms with Crippen molar-refractivity contribution in [1.29, 1.82) is 0 Å². The summed E-state index contributed by atoms with van der Waals surface area (Å²) in [4.78, 5) is 0. The Morgan fingerprint density at radius 3 is 1.33 bits per heavy atom. The molecule has 0 atom stereocenters. The first-order valence-electron chi connectivity index (χ1n) is 11.3. The van der Waals surface area contributed by atoms with Crippen molar-refractivity contribution in [2.45, 2.75) is 129 Å². The highest BCUT2D eigenvalue weighted by Crippen LogP contribution is 2.14. The van der Waals surface area contributed by atoms with Gasteiger partial charge in [0.05, 0.1) is 0 Å². The van der Waals surface area contributed by atoms with Crippen molar-refractivity contribution >= 4 is 0 Å². The summed E-state index contributed by atoms with van der Waals surface area (Å²) in [7, 11) is 0. The standard InChI is InChI=1S/C23H47O/c1-3-5-6-7-8-9-10-11-12-13-14-15-16-17-18-19-20-21-22-23-24-4-2/h21H,3-20,22-23H2,1-2H3. The second-order valence-electron chi connectivity index (χ2n) is 7.37. The van der Waals surface area contributed by atoms with Crippen LogP contribution in [0.1, 0.15) is 129 Å². The van der Waals surface area contributed by atoms with Crippen LogP contribution in [-0.4, -0.2) is 13.2 Å². The zero-order valence-corrected chi connectivity index (χ0v) is 17.1. The minimum absolute atomic E-state index is 0.854. The average molecular weight is 340 g/mol. The monoisotopic (exact) mass is 339 g/mol. The van der Waals surface area contributed by atoms with Crippen LogP contribution >= 0.6 is 0 Å². The van der Waals surface area contributed by atoms with Crippen LogP contribution in [0.4, 0.5) is 0 Å². The van der Waals surface area contributed by atoms with E-state index in [4.69, 9.17) is 4.74 Å². The summed E-state index contributed by atoms with van der Waals surface area (Å²) in [5.74, 6) is 0. The van der Waals surface area contributed by atoms with Crippen LogP contribution in [0.2, 0.25) is 0 Å². The molecule has 0 aromatic carbocycles.